The lowest BCUT2D eigenvalue weighted by Crippen LogP contribution is -2.35. The highest BCUT2D eigenvalue weighted by molar-refractivity contribution is 9.10. The Morgan fingerprint density at radius 3 is 2.75 bits per heavy atom. The van der Waals surface area contributed by atoms with Crippen LogP contribution in [0.3, 0.4) is 0 Å². The summed E-state index contributed by atoms with van der Waals surface area (Å²) in [6.45, 7) is 3.30. The van der Waals surface area contributed by atoms with Gasteiger partial charge in [-0.25, -0.2) is 9.18 Å². The first-order valence-corrected chi connectivity index (χ1v) is 7.24. The third-order valence-electron chi connectivity index (χ3n) is 2.70. The number of esters is 1. The summed E-state index contributed by atoms with van der Waals surface area (Å²) < 4.78 is 19.6. The number of hydrogen-bond donors (Lipinski definition) is 1. The molecule has 0 aliphatic rings. The molecule has 0 heterocycles. The van der Waals surface area contributed by atoms with Crippen molar-refractivity contribution in [3.05, 3.63) is 34.1 Å². The predicted molar refractivity (Wildman–Crippen MR) is 80.0 cm³/mol. The standard InChI is InChI=1S/C14H20BrFN2O2/c1-4-20-14(19)13(17-7-8-18(2)3)11-6-5-10(15)9-12(11)16/h5-6,9,13,17H,4,7-8H2,1-3H3. The van der Waals surface area contributed by atoms with Crippen LogP contribution in [0, 0.1) is 5.82 Å². The van der Waals surface area contributed by atoms with Gasteiger partial charge in [0.05, 0.1) is 6.61 Å². The zero-order valence-corrected chi connectivity index (χ0v) is 13.5. The largest absolute Gasteiger partial charge is 0.465 e. The van der Waals surface area contributed by atoms with Crippen LogP contribution in [0.4, 0.5) is 4.39 Å². The molecule has 0 aliphatic heterocycles. The van der Waals surface area contributed by atoms with Gasteiger partial charge in [0, 0.05) is 23.1 Å². The van der Waals surface area contributed by atoms with E-state index in [9.17, 15) is 9.18 Å². The fourth-order valence-corrected chi connectivity index (χ4v) is 2.05. The smallest absolute Gasteiger partial charge is 0.327 e. The summed E-state index contributed by atoms with van der Waals surface area (Å²) in [5.74, 6) is -0.901. The number of nitrogens with one attached hydrogen (secondary N) is 1. The average Bonchev–Trinajstić information content (AvgIpc) is 2.35. The zero-order valence-electron chi connectivity index (χ0n) is 12.0. The van der Waals surface area contributed by atoms with Gasteiger partial charge in [0.15, 0.2) is 0 Å². The Morgan fingerprint density at radius 1 is 1.50 bits per heavy atom. The van der Waals surface area contributed by atoms with E-state index in [1.165, 1.54) is 6.07 Å². The van der Waals surface area contributed by atoms with Gasteiger partial charge in [-0.3, -0.25) is 5.32 Å². The van der Waals surface area contributed by atoms with E-state index >= 15 is 0 Å². The number of ether oxygens (including phenoxy) is 1. The van der Waals surface area contributed by atoms with Crippen molar-refractivity contribution < 1.29 is 13.9 Å². The Morgan fingerprint density at radius 2 is 2.20 bits per heavy atom. The maximum Gasteiger partial charge on any atom is 0.327 e. The van der Waals surface area contributed by atoms with Crippen LogP contribution >= 0.6 is 15.9 Å². The van der Waals surface area contributed by atoms with Gasteiger partial charge in [-0.1, -0.05) is 22.0 Å². The number of halogens is 2. The fraction of sp³-hybridized carbons (Fsp3) is 0.500. The van der Waals surface area contributed by atoms with E-state index in [0.717, 1.165) is 6.54 Å². The molecule has 0 saturated heterocycles. The molecule has 0 bridgehead atoms. The predicted octanol–water partition coefficient (Wildman–Crippen LogP) is 2.34. The number of rotatable bonds is 7. The van der Waals surface area contributed by atoms with Crippen LogP contribution in [0.2, 0.25) is 0 Å². The second kappa shape index (κ2) is 8.34. The van der Waals surface area contributed by atoms with Crippen LogP contribution in [-0.2, 0) is 9.53 Å². The van der Waals surface area contributed by atoms with Crippen molar-refractivity contribution in [1.82, 2.24) is 10.2 Å². The van der Waals surface area contributed by atoms with Crippen LogP contribution < -0.4 is 5.32 Å². The second-order valence-electron chi connectivity index (χ2n) is 4.61. The lowest BCUT2D eigenvalue weighted by molar-refractivity contribution is -0.146. The number of hydrogen-bond acceptors (Lipinski definition) is 4. The lowest BCUT2D eigenvalue weighted by atomic mass is 10.1. The molecule has 1 rings (SSSR count). The molecule has 0 saturated carbocycles. The first-order chi connectivity index (χ1) is 9.45. The maximum absolute atomic E-state index is 14.0. The minimum Gasteiger partial charge on any atom is -0.465 e. The Kier molecular flexibility index (Phi) is 7.12. The summed E-state index contributed by atoms with van der Waals surface area (Å²) in [5.41, 5.74) is 0.297. The minimum absolute atomic E-state index is 0.267. The SMILES string of the molecule is CCOC(=O)C(NCCN(C)C)c1ccc(Br)cc1F. The molecule has 1 N–H and O–H groups in total. The Hall–Kier alpha value is -0.980. The van der Waals surface area contributed by atoms with Gasteiger partial charge in [0.1, 0.15) is 11.9 Å². The molecule has 0 radical (unpaired) electrons. The van der Waals surface area contributed by atoms with Crippen molar-refractivity contribution in [2.24, 2.45) is 0 Å². The molecule has 0 aromatic heterocycles. The van der Waals surface area contributed by atoms with Crippen LogP contribution in [0.15, 0.2) is 22.7 Å². The summed E-state index contributed by atoms with van der Waals surface area (Å²) >= 11 is 3.20. The summed E-state index contributed by atoms with van der Waals surface area (Å²) in [5, 5.41) is 3.04. The van der Waals surface area contributed by atoms with Crippen molar-refractivity contribution >= 4 is 21.9 Å². The van der Waals surface area contributed by atoms with Crippen molar-refractivity contribution in [2.75, 3.05) is 33.8 Å². The molecule has 1 aromatic rings. The topological polar surface area (TPSA) is 41.6 Å². The number of nitrogens with zero attached hydrogens (tertiary/aromatic N) is 1. The van der Waals surface area contributed by atoms with Gasteiger partial charge in [0.25, 0.3) is 0 Å². The van der Waals surface area contributed by atoms with Gasteiger partial charge in [0.2, 0.25) is 0 Å². The molecule has 4 nitrogen and oxygen atoms in total. The molecule has 1 aromatic carbocycles. The monoisotopic (exact) mass is 346 g/mol. The number of benzene rings is 1. The maximum atomic E-state index is 14.0. The Bertz CT molecular complexity index is 455. The summed E-state index contributed by atoms with van der Waals surface area (Å²) in [6, 6.07) is 3.85. The highest BCUT2D eigenvalue weighted by atomic mass is 79.9. The summed E-state index contributed by atoms with van der Waals surface area (Å²) in [6.07, 6.45) is 0. The molecule has 0 amide bonds. The Labute approximate surface area is 127 Å². The highest BCUT2D eigenvalue weighted by Crippen LogP contribution is 2.22. The Balaban J connectivity index is 2.88. The molecule has 0 aliphatic carbocycles. The third kappa shape index (κ3) is 5.19. The van der Waals surface area contributed by atoms with Gasteiger partial charge in [-0.05, 0) is 33.2 Å². The van der Waals surface area contributed by atoms with Crippen LogP contribution in [0.1, 0.15) is 18.5 Å². The van der Waals surface area contributed by atoms with E-state index in [1.54, 1.807) is 19.1 Å². The van der Waals surface area contributed by atoms with Gasteiger partial charge in [-0.15, -0.1) is 0 Å². The molecule has 1 atom stereocenters. The van der Waals surface area contributed by atoms with Crippen molar-refractivity contribution in [2.45, 2.75) is 13.0 Å². The number of carbonyl (C=O) groups excluding carboxylic acids is 1. The molecular weight excluding hydrogens is 327 g/mol. The van der Waals surface area contributed by atoms with E-state index in [-0.39, 0.29) is 6.61 Å². The molecule has 1 unspecified atom stereocenters. The normalized spacial score (nSPS) is 12.5. The van der Waals surface area contributed by atoms with E-state index in [0.29, 0.717) is 16.6 Å². The number of carbonyl (C=O) groups is 1. The second-order valence-corrected chi connectivity index (χ2v) is 5.52. The van der Waals surface area contributed by atoms with Gasteiger partial charge in [-0.2, -0.15) is 0 Å². The highest BCUT2D eigenvalue weighted by Gasteiger charge is 2.24. The van der Waals surface area contributed by atoms with Crippen LogP contribution in [-0.4, -0.2) is 44.7 Å². The first-order valence-electron chi connectivity index (χ1n) is 6.45. The van der Waals surface area contributed by atoms with Crippen molar-refractivity contribution in [3.63, 3.8) is 0 Å². The first kappa shape index (κ1) is 17.1. The van der Waals surface area contributed by atoms with E-state index in [2.05, 4.69) is 21.2 Å². The summed E-state index contributed by atoms with van der Waals surface area (Å²) in [4.78, 5) is 14.0. The van der Waals surface area contributed by atoms with E-state index < -0.39 is 17.8 Å². The lowest BCUT2D eigenvalue weighted by Gasteiger charge is -2.19. The quantitative estimate of drug-likeness (QED) is 0.769. The van der Waals surface area contributed by atoms with Gasteiger partial charge >= 0.3 is 5.97 Å². The molecule has 0 fully saturated rings. The fourth-order valence-electron chi connectivity index (χ4n) is 1.71. The molecule has 6 heteroatoms. The van der Waals surface area contributed by atoms with Crippen LogP contribution in [0.25, 0.3) is 0 Å². The third-order valence-corrected chi connectivity index (χ3v) is 3.20. The van der Waals surface area contributed by atoms with Crippen molar-refractivity contribution in [1.29, 1.82) is 0 Å². The van der Waals surface area contributed by atoms with Crippen LogP contribution in [0.5, 0.6) is 0 Å². The van der Waals surface area contributed by atoms with Gasteiger partial charge < -0.3 is 9.64 Å². The van der Waals surface area contributed by atoms with E-state index in [4.69, 9.17) is 4.74 Å². The minimum atomic E-state index is -0.789. The number of likely N-dealkylation sites (N-methyl/N-ethyl adjacent to an activating group) is 1. The molecule has 0 spiro atoms. The molecule has 112 valence electrons. The van der Waals surface area contributed by atoms with Crippen molar-refractivity contribution in [3.8, 4) is 0 Å². The van der Waals surface area contributed by atoms with E-state index in [1.807, 2.05) is 19.0 Å². The molecular formula is C14H20BrFN2O2. The average molecular weight is 347 g/mol. The summed E-state index contributed by atoms with van der Waals surface area (Å²) in [7, 11) is 3.86. The molecule has 20 heavy (non-hydrogen) atoms. The zero-order chi connectivity index (χ0) is 15.1.